The fraction of sp³-hybridized carbons (Fsp3) is 0.300. The molecule has 6 nitrogen and oxygen atoms in total. The molecule has 2 aromatic carbocycles. The molecule has 0 bridgehead atoms. The normalized spacial score (nSPS) is 13.4. The number of rotatable bonds is 6. The molecule has 2 amide bonds. The molecule has 142 valence electrons. The highest BCUT2D eigenvalue weighted by Gasteiger charge is 2.16. The lowest BCUT2D eigenvalue weighted by Crippen LogP contribution is -2.48. The van der Waals surface area contributed by atoms with Gasteiger partial charge in [0.15, 0.2) is 12.7 Å². The first-order valence-electron chi connectivity index (χ1n) is 8.77. The molecule has 0 aromatic heterocycles. The second-order valence-corrected chi connectivity index (χ2v) is 6.32. The van der Waals surface area contributed by atoms with Crippen LogP contribution < -0.4 is 20.3 Å². The number of carbonyl (C=O) groups excluding carboxylic acids is 2. The summed E-state index contributed by atoms with van der Waals surface area (Å²) in [6, 6.07) is 11.1. The molecule has 1 aliphatic rings. The second kappa shape index (κ2) is 8.53. The number of fused-ring (bicyclic) bond motifs is 1. The van der Waals surface area contributed by atoms with Gasteiger partial charge in [-0.2, -0.15) is 0 Å². The van der Waals surface area contributed by atoms with E-state index in [0.29, 0.717) is 11.5 Å². The van der Waals surface area contributed by atoms with Crippen molar-refractivity contribution >= 4 is 11.8 Å². The highest BCUT2D eigenvalue weighted by atomic mass is 19.1. The lowest BCUT2D eigenvalue weighted by Gasteiger charge is -2.15. The molecule has 0 saturated heterocycles. The van der Waals surface area contributed by atoms with Gasteiger partial charge in [0.05, 0.1) is 0 Å². The van der Waals surface area contributed by atoms with Gasteiger partial charge in [0.25, 0.3) is 11.8 Å². The van der Waals surface area contributed by atoms with E-state index < -0.39 is 23.7 Å². The number of hydrogen-bond donors (Lipinski definition) is 2. The van der Waals surface area contributed by atoms with Crippen LogP contribution in [0.25, 0.3) is 0 Å². The summed E-state index contributed by atoms with van der Waals surface area (Å²) in [4.78, 5) is 23.8. The zero-order valence-electron chi connectivity index (χ0n) is 15.0. The predicted molar refractivity (Wildman–Crippen MR) is 96.7 cm³/mol. The van der Waals surface area contributed by atoms with Crippen LogP contribution in [0.3, 0.4) is 0 Å². The first kappa shape index (κ1) is 18.7. The predicted octanol–water partition coefficient (Wildman–Crippen LogP) is 2.31. The van der Waals surface area contributed by atoms with Crippen molar-refractivity contribution in [2.75, 3.05) is 6.61 Å². The van der Waals surface area contributed by atoms with Gasteiger partial charge >= 0.3 is 0 Å². The van der Waals surface area contributed by atoms with E-state index in [1.807, 2.05) is 18.2 Å². The Bertz CT molecular complexity index is 823. The summed E-state index contributed by atoms with van der Waals surface area (Å²) in [5.74, 6) is -0.436. The van der Waals surface area contributed by atoms with E-state index in [1.54, 1.807) is 0 Å². The molecule has 0 heterocycles. The van der Waals surface area contributed by atoms with Gasteiger partial charge in [-0.3, -0.25) is 20.4 Å². The average molecular weight is 372 g/mol. The Hall–Kier alpha value is -3.09. The number of halogens is 1. The highest BCUT2D eigenvalue weighted by Crippen LogP contribution is 2.25. The summed E-state index contributed by atoms with van der Waals surface area (Å²) in [7, 11) is 0. The van der Waals surface area contributed by atoms with Crippen LogP contribution in [0.2, 0.25) is 0 Å². The smallest absolute Gasteiger partial charge is 0.279 e. The number of amides is 2. The third kappa shape index (κ3) is 5.20. The molecule has 3 rings (SSSR count). The fourth-order valence-electron chi connectivity index (χ4n) is 2.83. The minimum absolute atomic E-state index is 0.216. The van der Waals surface area contributed by atoms with Crippen molar-refractivity contribution in [2.24, 2.45) is 0 Å². The van der Waals surface area contributed by atoms with Gasteiger partial charge in [-0.05, 0) is 73.7 Å². The fourth-order valence-corrected chi connectivity index (χ4v) is 2.83. The number of hydrogen-bond acceptors (Lipinski definition) is 4. The topological polar surface area (TPSA) is 76.7 Å². The van der Waals surface area contributed by atoms with Gasteiger partial charge in [-0.1, -0.05) is 6.07 Å². The van der Waals surface area contributed by atoms with Crippen LogP contribution in [-0.2, 0) is 22.4 Å². The highest BCUT2D eigenvalue weighted by molar-refractivity contribution is 5.85. The molecule has 0 unspecified atom stereocenters. The summed E-state index contributed by atoms with van der Waals surface area (Å²) in [5.41, 5.74) is 7.14. The molecular weight excluding hydrogens is 351 g/mol. The standard InChI is InChI=1S/C20H21FN2O4/c1-13(27-17-9-6-16(21)7-10-17)20(25)23-22-19(24)12-26-18-8-5-14-3-2-4-15(14)11-18/h5-11,13H,2-4,12H2,1H3,(H,22,24)(H,23,25)/t13-/m1/s1. The Balaban J connectivity index is 1.40. The number of nitrogens with one attached hydrogen (secondary N) is 2. The van der Waals surface area contributed by atoms with Gasteiger partial charge in [-0.15, -0.1) is 0 Å². The lowest BCUT2D eigenvalue weighted by atomic mass is 10.1. The van der Waals surface area contributed by atoms with Crippen molar-refractivity contribution in [2.45, 2.75) is 32.3 Å². The van der Waals surface area contributed by atoms with Crippen molar-refractivity contribution in [3.8, 4) is 11.5 Å². The molecule has 0 fully saturated rings. The molecule has 0 radical (unpaired) electrons. The molecule has 27 heavy (non-hydrogen) atoms. The quantitative estimate of drug-likeness (QED) is 0.763. The Morgan fingerprint density at radius 1 is 1.04 bits per heavy atom. The van der Waals surface area contributed by atoms with Crippen LogP contribution in [0.4, 0.5) is 4.39 Å². The van der Waals surface area contributed by atoms with Gasteiger partial charge in [0.2, 0.25) is 0 Å². The van der Waals surface area contributed by atoms with Crippen molar-refractivity contribution < 1.29 is 23.5 Å². The number of aryl methyl sites for hydroxylation is 2. The third-order valence-electron chi connectivity index (χ3n) is 4.26. The number of ether oxygens (including phenoxy) is 2. The van der Waals surface area contributed by atoms with Gasteiger partial charge < -0.3 is 9.47 Å². The lowest BCUT2D eigenvalue weighted by molar-refractivity contribution is -0.133. The average Bonchev–Trinajstić information content (AvgIpc) is 3.14. The second-order valence-electron chi connectivity index (χ2n) is 6.32. The number of hydrazine groups is 1. The first-order chi connectivity index (χ1) is 13.0. The van der Waals surface area contributed by atoms with Gasteiger partial charge in [-0.25, -0.2) is 4.39 Å². The van der Waals surface area contributed by atoms with E-state index in [2.05, 4.69) is 10.9 Å². The third-order valence-corrected chi connectivity index (χ3v) is 4.26. The van der Waals surface area contributed by atoms with Crippen molar-refractivity contribution in [3.05, 3.63) is 59.4 Å². The van der Waals surface area contributed by atoms with Crippen LogP contribution in [0.1, 0.15) is 24.5 Å². The summed E-state index contributed by atoms with van der Waals surface area (Å²) >= 11 is 0. The largest absolute Gasteiger partial charge is 0.484 e. The summed E-state index contributed by atoms with van der Waals surface area (Å²) in [6.07, 6.45) is 2.39. The molecule has 2 aromatic rings. The molecule has 0 spiro atoms. The van der Waals surface area contributed by atoms with Crippen molar-refractivity contribution in [3.63, 3.8) is 0 Å². The maximum absolute atomic E-state index is 12.9. The Kier molecular flexibility index (Phi) is 5.90. The molecule has 7 heteroatoms. The maximum Gasteiger partial charge on any atom is 0.279 e. The molecule has 2 N–H and O–H groups in total. The van der Waals surface area contributed by atoms with E-state index in [9.17, 15) is 14.0 Å². The molecular formula is C20H21FN2O4. The first-order valence-corrected chi connectivity index (χ1v) is 8.77. The number of benzene rings is 2. The zero-order valence-corrected chi connectivity index (χ0v) is 15.0. The van der Waals surface area contributed by atoms with E-state index in [-0.39, 0.29) is 6.61 Å². The van der Waals surface area contributed by atoms with E-state index in [0.717, 1.165) is 19.3 Å². The van der Waals surface area contributed by atoms with Crippen molar-refractivity contribution in [1.29, 1.82) is 0 Å². The van der Waals surface area contributed by atoms with E-state index in [4.69, 9.17) is 9.47 Å². The Morgan fingerprint density at radius 2 is 1.74 bits per heavy atom. The van der Waals surface area contributed by atoms with Crippen LogP contribution in [0.15, 0.2) is 42.5 Å². The minimum atomic E-state index is -0.867. The SMILES string of the molecule is C[C@@H](Oc1ccc(F)cc1)C(=O)NNC(=O)COc1ccc2c(c1)CCC2. The Labute approximate surface area is 156 Å². The Morgan fingerprint density at radius 3 is 2.52 bits per heavy atom. The van der Waals surface area contributed by atoms with Crippen LogP contribution >= 0.6 is 0 Å². The summed E-state index contributed by atoms with van der Waals surface area (Å²) in [5, 5.41) is 0. The van der Waals surface area contributed by atoms with Gasteiger partial charge in [0, 0.05) is 0 Å². The van der Waals surface area contributed by atoms with E-state index >= 15 is 0 Å². The molecule has 0 saturated carbocycles. The van der Waals surface area contributed by atoms with Crippen LogP contribution in [0.5, 0.6) is 11.5 Å². The van der Waals surface area contributed by atoms with Gasteiger partial charge in [0.1, 0.15) is 17.3 Å². The zero-order chi connectivity index (χ0) is 19.2. The number of carbonyl (C=O) groups is 2. The molecule has 1 aliphatic carbocycles. The molecule has 0 aliphatic heterocycles. The maximum atomic E-state index is 12.9. The monoisotopic (exact) mass is 372 g/mol. The summed E-state index contributed by atoms with van der Waals surface area (Å²) in [6.45, 7) is 1.30. The van der Waals surface area contributed by atoms with Crippen LogP contribution in [0, 0.1) is 5.82 Å². The molecule has 1 atom stereocenters. The van der Waals surface area contributed by atoms with E-state index in [1.165, 1.54) is 42.3 Å². The van der Waals surface area contributed by atoms with Crippen molar-refractivity contribution in [1.82, 2.24) is 10.9 Å². The van der Waals surface area contributed by atoms with Crippen LogP contribution in [-0.4, -0.2) is 24.5 Å². The summed E-state index contributed by atoms with van der Waals surface area (Å²) < 4.78 is 23.7. The minimum Gasteiger partial charge on any atom is -0.484 e.